The number of nitrogens with zero attached hydrogens (tertiary/aromatic N) is 1. The number of aromatic amines is 1. The van der Waals surface area contributed by atoms with Crippen LogP contribution in [-0.2, 0) is 0 Å². The van der Waals surface area contributed by atoms with Gasteiger partial charge >= 0.3 is 0 Å². The first kappa shape index (κ1) is 9.24. The predicted octanol–water partition coefficient (Wildman–Crippen LogP) is 0.115. The monoisotopic (exact) mass is 152 g/mol. The smallest absolute Gasteiger partial charge is 0.254 e. The zero-order valence-corrected chi connectivity index (χ0v) is 6.03. The second kappa shape index (κ2) is 5.06. The molecular formula is C7H8N2O2. The van der Waals surface area contributed by atoms with E-state index in [0.29, 0.717) is 0 Å². The highest BCUT2D eigenvalue weighted by atomic mass is 16.3. The van der Waals surface area contributed by atoms with Gasteiger partial charge in [-0.1, -0.05) is 0 Å². The van der Waals surface area contributed by atoms with Crippen LogP contribution in [0, 0.1) is 12.3 Å². The highest BCUT2D eigenvalue weighted by molar-refractivity contribution is 5.01. The Labute approximate surface area is 63.9 Å². The fourth-order valence-electron chi connectivity index (χ4n) is 0.358. The minimum Gasteiger partial charge on any atom is -0.493 e. The van der Waals surface area contributed by atoms with Crippen molar-refractivity contribution in [2.75, 3.05) is 0 Å². The summed E-state index contributed by atoms with van der Waals surface area (Å²) in [5, 5.41) is 8.48. The molecule has 0 aliphatic carbocycles. The van der Waals surface area contributed by atoms with E-state index >= 15 is 0 Å². The first-order valence-corrected chi connectivity index (χ1v) is 2.81. The van der Waals surface area contributed by atoms with Crippen molar-refractivity contribution in [3.05, 3.63) is 22.7 Å². The van der Waals surface area contributed by atoms with Gasteiger partial charge in [0.15, 0.2) is 0 Å². The van der Waals surface area contributed by atoms with Crippen molar-refractivity contribution in [2.45, 2.75) is 6.92 Å². The van der Waals surface area contributed by atoms with E-state index < -0.39 is 0 Å². The van der Waals surface area contributed by atoms with Gasteiger partial charge < -0.3 is 10.1 Å². The molecular weight excluding hydrogens is 144 g/mol. The predicted molar refractivity (Wildman–Crippen MR) is 41.0 cm³/mol. The Hall–Kier alpha value is -1.76. The van der Waals surface area contributed by atoms with Crippen LogP contribution in [-0.4, -0.2) is 15.1 Å². The average molecular weight is 152 g/mol. The first-order valence-electron chi connectivity index (χ1n) is 2.81. The lowest BCUT2D eigenvalue weighted by Gasteiger charge is -1.82. The van der Waals surface area contributed by atoms with Crippen molar-refractivity contribution < 1.29 is 5.11 Å². The van der Waals surface area contributed by atoms with Crippen molar-refractivity contribution in [1.29, 1.82) is 0 Å². The van der Waals surface area contributed by atoms with Gasteiger partial charge in [0, 0.05) is 0 Å². The standard InChI is InChI=1S/C4H4N2O2.C3H4/c7-3-1-4(8)6-2-5-3;1-3-2/h1-2H,(H2,5,6,7,8);1H,2H3. The zero-order chi connectivity index (χ0) is 8.69. The molecule has 0 aliphatic rings. The van der Waals surface area contributed by atoms with Crippen molar-refractivity contribution in [2.24, 2.45) is 0 Å². The van der Waals surface area contributed by atoms with Crippen LogP contribution in [0.4, 0.5) is 0 Å². The van der Waals surface area contributed by atoms with Gasteiger partial charge in [-0.3, -0.25) is 4.79 Å². The molecule has 1 rings (SSSR count). The Morgan fingerprint density at radius 2 is 2.36 bits per heavy atom. The summed E-state index contributed by atoms with van der Waals surface area (Å²) in [5.41, 5.74) is -0.350. The Morgan fingerprint density at radius 1 is 1.82 bits per heavy atom. The molecule has 0 atom stereocenters. The molecule has 2 N–H and O–H groups in total. The number of hydrogen-bond donors (Lipinski definition) is 2. The summed E-state index contributed by atoms with van der Waals surface area (Å²) in [4.78, 5) is 15.8. The summed E-state index contributed by atoms with van der Waals surface area (Å²) in [6.45, 7) is 1.65. The SMILES string of the molecule is C#CC.O=c1cc(O)nc[nH]1. The highest BCUT2D eigenvalue weighted by Crippen LogP contribution is 1.90. The Kier molecular flexibility index (Phi) is 4.25. The number of H-pyrrole nitrogens is 1. The molecule has 11 heavy (non-hydrogen) atoms. The van der Waals surface area contributed by atoms with E-state index in [-0.39, 0.29) is 11.4 Å². The second-order valence-corrected chi connectivity index (χ2v) is 1.56. The van der Waals surface area contributed by atoms with E-state index in [9.17, 15) is 4.79 Å². The molecule has 0 fully saturated rings. The summed E-state index contributed by atoms with van der Waals surface area (Å²) in [6.07, 6.45) is 5.73. The number of hydrogen-bond acceptors (Lipinski definition) is 3. The largest absolute Gasteiger partial charge is 0.493 e. The van der Waals surface area contributed by atoms with Crippen molar-refractivity contribution in [3.63, 3.8) is 0 Å². The van der Waals surface area contributed by atoms with Gasteiger partial charge in [-0.05, 0) is 6.92 Å². The number of aromatic nitrogens is 2. The van der Waals surface area contributed by atoms with Gasteiger partial charge in [-0.15, -0.1) is 12.3 Å². The van der Waals surface area contributed by atoms with Gasteiger partial charge in [-0.2, -0.15) is 0 Å². The molecule has 0 radical (unpaired) electrons. The summed E-state index contributed by atoms with van der Waals surface area (Å²) in [6, 6.07) is 1.00. The summed E-state index contributed by atoms with van der Waals surface area (Å²) in [7, 11) is 0. The molecule has 0 spiro atoms. The summed E-state index contributed by atoms with van der Waals surface area (Å²) >= 11 is 0. The molecule has 0 bridgehead atoms. The molecule has 0 saturated heterocycles. The van der Waals surface area contributed by atoms with Crippen LogP contribution in [0.3, 0.4) is 0 Å². The van der Waals surface area contributed by atoms with E-state index in [1.54, 1.807) is 6.92 Å². The van der Waals surface area contributed by atoms with Crippen LogP contribution in [0.5, 0.6) is 5.88 Å². The van der Waals surface area contributed by atoms with E-state index in [1.807, 2.05) is 0 Å². The lowest BCUT2D eigenvalue weighted by molar-refractivity contribution is 0.451. The fraction of sp³-hybridized carbons (Fsp3) is 0.143. The molecule has 4 nitrogen and oxygen atoms in total. The van der Waals surface area contributed by atoms with Gasteiger partial charge in [0.1, 0.15) is 0 Å². The van der Waals surface area contributed by atoms with Crippen LogP contribution in [0.2, 0.25) is 0 Å². The maximum absolute atomic E-state index is 10.2. The molecule has 0 aliphatic heterocycles. The van der Waals surface area contributed by atoms with Crippen molar-refractivity contribution in [3.8, 4) is 18.2 Å². The Bertz CT molecular complexity index is 298. The maximum Gasteiger partial charge on any atom is 0.254 e. The van der Waals surface area contributed by atoms with Crippen LogP contribution < -0.4 is 5.56 Å². The second-order valence-electron chi connectivity index (χ2n) is 1.56. The number of aromatic hydroxyl groups is 1. The topological polar surface area (TPSA) is 66.0 Å². The first-order chi connectivity index (χ1) is 5.20. The lowest BCUT2D eigenvalue weighted by Crippen LogP contribution is -2.01. The third-order valence-electron chi connectivity index (χ3n) is 0.664. The third-order valence-corrected chi connectivity index (χ3v) is 0.664. The summed E-state index contributed by atoms with van der Waals surface area (Å²) < 4.78 is 0. The molecule has 1 heterocycles. The van der Waals surface area contributed by atoms with E-state index in [2.05, 4.69) is 22.3 Å². The molecule has 4 heteroatoms. The maximum atomic E-state index is 10.2. The van der Waals surface area contributed by atoms with E-state index in [1.165, 1.54) is 0 Å². The normalized spacial score (nSPS) is 7.27. The Balaban J connectivity index is 0.000000292. The third kappa shape index (κ3) is 4.73. The van der Waals surface area contributed by atoms with Crippen LogP contribution in [0.15, 0.2) is 17.2 Å². The van der Waals surface area contributed by atoms with Gasteiger partial charge in [0.2, 0.25) is 5.88 Å². The van der Waals surface area contributed by atoms with Crippen LogP contribution >= 0.6 is 0 Å². The molecule has 1 aromatic rings. The van der Waals surface area contributed by atoms with Gasteiger partial charge in [0.05, 0.1) is 12.4 Å². The van der Waals surface area contributed by atoms with E-state index in [4.69, 9.17) is 5.11 Å². The number of rotatable bonds is 0. The number of nitrogens with one attached hydrogen (secondary N) is 1. The van der Waals surface area contributed by atoms with Crippen molar-refractivity contribution >= 4 is 0 Å². The summed E-state index contributed by atoms with van der Waals surface area (Å²) in [5.74, 6) is 1.99. The Morgan fingerprint density at radius 3 is 2.64 bits per heavy atom. The zero-order valence-electron chi connectivity index (χ0n) is 6.03. The van der Waals surface area contributed by atoms with E-state index in [0.717, 1.165) is 12.4 Å². The lowest BCUT2D eigenvalue weighted by atomic mass is 10.6. The molecule has 58 valence electrons. The fourth-order valence-corrected chi connectivity index (χ4v) is 0.358. The minimum absolute atomic E-state index is 0.256. The quantitative estimate of drug-likeness (QED) is 0.519. The van der Waals surface area contributed by atoms with Gasteiger partial charge in [0.25, 0.3) is 5.56 Å². The molecule has 0 unspecified atom stereocenters. The number of terminal acetylenes is 1. The van der Waals surface area contributed by atoms with Gasteiger partial charge in [-0.25, -0.2) is 4.98 Å². The van der Waals surface area contributed by atoms with Crippen LogP contribution in [0.1, 0.15) is 6.92 Å². The molecule has 1 aromatic heterocycles. The molecule has 0 amide bonds. The van der Waals surface area contributed by atoms with Crippen molar-refractivity contribution in [1.82, 2.24) is 9.97 Å². The molecule has 0 aromatic carbocycles. The highest BCUT2D eigenvalue weighted by Gasteiger charge is 1.84. The molecule has 0 saturated carbocycles. The average Bonchev–Trinajstić information content (AvgIpc) is 1.88. The van der Waals surface area contributed by atoms with Crippen LogP contribution in [0.25, 0.3) is 0 Å². The minimum atomic E-state index is -0.350.